The number of aliphatic hydroxyl groups is 1. The Bertz CT molecular complexity index is 441. The molecular weight excluding hydrogens is 262 g/mol. The number of nitrogens with one attached hydrogen (secondary N) is 1. The first kappa shape index (κ1) is 14.5. The lowest BCUT2D eigenvalue weighted by Crippen LogP contribution is -2.41. The molecule has 1 saturated carbocycles. The minimum atomic E-state index is -0.625. The van der Waals surface area contributed by atoms with Gasteiger partial charge in [-0.25, -0.2) is 9.97 Å². The molecule has 1 aromatic heterocycles. The minimum Gasteiger partial charge on any atom is -0.388 e. The normalized spacial score (nSPS) is 27.3. The smallest absolute Gasteiger partial charge is 0.137 e. The van der Waals surface area contributed by atoms with Crippen molar-refractivity contribution in [1.82, 2.24) is 9.97 Å². The van der Waals surface area contributed by atoms with Crippen molar-refractivity contribution in [2.75, 3.05) is 11.9 Å². The zero-order chi connectivity index (χ0) is 13.9. The van der Waals surface area contributed by atoms with Crippen LogP contribution in [0.4, 0.5) is 5.82 Å². The van der Waals surface area contributed by atoms with Gasteiger partial charge < -0.3 is 10.4 Å². The van der Waals surface area contributed by atoms with E-state index in [1.54, 1.807) is 0 Å². The fourth-order valence-corrected chi connectivity index (χ4v) is 3.16. The second kappa shape index (κ2) is 6.06. The maximum Gasteiger partial charge on any atom is 0.137 e. The highest BCUT2D eigenvalue weighted by Gasteiger charge is 2.32. The van der Waals surface area contributed by atoms with Crippen LogP contribution in [0, 0.1) is 5.92 Å². The van der Waals surface area contributed by atoms with Gasteiger partial charge in [-0.1, -0.05) is 38.3 Å². The third-order valence-corrected chi connectivity index (χ3v) is 4.22. The van der Waals surface area contributed by atoms with Crippen molar-refractivity contribution in [2.45, 2.75) is 51.6 Å². The summed E-state index contributed by atoms with van der Waals surface area (Å²) in [7, 11) is 0. The maximum absolute atomic E-state index is 10.6. The molecule has 1 heterocycles. The minimum absolute atomic E-state index is 0.490. The van der Waals surface area contributed by atoms with Crippen LogP contribution in [0.5, 0.6) is 0 Å². The Kier molecular flexibility index (Phi) is 4.63. The first-order valence-corrected chi connectivity index (χ1v) is 7.37. The molecule has 1 aliphatic carbocycles. The zero-order valence-electron chi connectivity index (χ0n) is 11.6. The monoisotopic (exact) mass is 283 g/mol. The van der Waals surface area contributed by atoms with E-state index in [4.69, 9.17) is 11.6 Å². The SMILES string of the molecule is CCc1c(Cl)ncnc1NCC1(O)CCCC(C)C1. The van der Waals surface area contributed by atoms with Crippen LogP contribution in [0.2, 0.25) is 5.15 Å². The van der Waals surface area contributed by atoms with E-state index in [1.165, 1.54) is 12.7 Å². The van der Waals surface area contributed by atoms with Crippen molar-refractivity contribution in [1.29, 1.82) is 0 Å². The Morgan fingerprint density at radius 3 is 3.00 bits per heavy atom. The van der Waals surface area contributed by atoms with Crippen LogP contribution in [0.1, 0.15) is 45.1 Å². The van der Waals surface area contributed by atoms with E-state index in [0.29, 0.717) is 17.6 Å². The topological polar surface area (TPSA) is 58.0 Å². The highest BCUT2D eigenvalue weighted by molar-refractivity contribution is 6.30. The van der Waals surface area contributed by atoms with E-state index in [0.717, 1.165) is 37.1 Å². The third-order valence-electron chi connectivity index (χ3n) is 3.90. The molecule has 0 amide bonds. The van der Waals surface area contributed by atoms with Gasteiger partial charge in [0.05, 0.1) is 5.60 Å². The Hall–Kier alpha value is -0.870. The summed E-state index contributed by atoms with van der Waals surface area (Å²) in [6.45, 7) is 4.74. The molecule has 1 aromatic rings. The Labute approximate surface area is 119 Å². The third kappa shape index (κ3) is 3.57. The van der Waals surface area contributed by atoms with Crippen LogP contribution >= 0.6 is 11.6 Å². The van der Waals surface area contributed by atoms with E-state index in [2.05, 4.69) is 22.2 Å². The maximum atomic E-state index is 10.6. The van der Waals surface area contributed by atoms with E-state index < -0.39 is 5.60 Å². The molecule has 0 aliphatic heterocycles. The predicted molar refractivity (Wildman–Crippen MR) is 77.5 cm³/mol. The predicted octanol–water partition coefficient (Wildman–Crippen LogP) is 3.05. The molecule has 2 unspecified atom stereocenters. The summed E-state index contributed by atoms with van der Waals surface area (Å²) < 4.78 is 0. The van der Waals surface area contributed by atoms with Crippen LogP contribution in [0.3, 0.4) is 0 Å². The molecule has 0 aromatic carbocycles. The van der Waals surface area contributed by atoms with Crippen molar-refractivity contribution in [3.8, 4) is 0 Å². The lowest BCUT2D eigenvalue weighted by Gasteiger charge is -2.35. The summed E-state index contributed by atoms with van der Waals surface area (Å²) in [6.07, 6.45) is 6.23. The standard InChI is InChI=1S/C14H22ClN3O/c1-3-11-12(15)17-9-18-13(11)16-8-14(19)6-4-5-10(2)7-14/h9-10,19H,3-8H2,1-2H3,(H,16,17,18). The van der Waals surface area contributed by atoms with Crippen LogP contribution in [-0.2, 0) is 6.42 Å². The van der Waals surface area contributed by atoms with Crippen molar-refractivity contribution >= 4 is 17.4 Å². The van der Waals surface area contributed by atoms with Gasteiger partial charge in [0.2, 0.25) is 0 Å². The van der Waals surface area contributed by atoms with Crippen LogP contribution in [0.15, 0.2) is 6.33 Å². The molecule has 2 atom stereocenters. The summed E-state index contributed by atoms with van der Waals surface area (Å²) in [4.78, 5) is 8.21. The van der Waals surface area contributed by atoms with Crippen molar-refractivity contribution in [3.63, 3.8) is 0 Å². The molecule has 5 heteroatoms. The van der Waals surface area contributed by atoms with Crippen molar-refractivity contribution < 1.29 is 5.11 Å². The Morgan fingerprint density at radius 1 is 1.53 bits per heavy atom. The van der Waals surface area contributed by atoms with Gasteiger partial charge in [-0.05, 0) is 25.2 Å². The zero-order valence-corrected chi connectivity index (χ0v) is 12.4. The molecule has 0 bridgehead atoms. The number of halogens is 1. The molecule has 1 fully saturated rings. The van der Waals surface area contributed by atoms with Crippen LogP contribution in [-0.4, -0.2) is 27.2 Å². The lowest BCUT2D eigenvalue weighted by molar-refractivity contribution is -0.000839. The quantitative estimate of drug-likeness (QED) is 0.834. The van der Waals surface area contributed by atoms with Gasteiger partial charge in [0.15, 0.2) is 0 Å². The first-order valence-electron chi connectivity index (χ1n) is 6.99. The van der Waals surface area contributed by atoms with Crippen molar-refractivity contribution in [3.05, 3.63) is 17.0 Å². The molecular formula is C14H22ClN3O. The summed E-state index contributed by atoms with van der Waals surface area (Å²) in [5.74, 6) is 1.33. The second-order valence-electron chi connectivity index (χ2n) is 5.62. The Morgan fingerprint density at radius 2 is 2.32 bits per heavy atom. The van der Waals surface area contributed by atoms with Gasteiger partial charge >= 0.3 is 0 Å². The number of hydrogen-bond acceptors (Lipinski definition) is 4. The Balaban J connectivity index is 2.04. The van der Waals surface area contributed by atoms with Gasteiger partial charge in [-0.3, -0.25) is 0 Å². The number of aromatic nitrogens is 2. The van der Waals surface area contributed by atoms with E-state index in [1.807, 2.05) is 6.92 Å². The molecule has 0 saturated heterocycles. The largest absolute Gasteiger partial charge is 0.388 e. The van der Waals surface area contributed by atoms with E-state index >= 15 is 0 Å². The molecule has 2 N–H and O–H groups in total. The van der Waals surface area contributed by atoms with Gasteiger partial charge in [0, 0.05) is 12.1 Å². The number of anilines is 1. The molecule has 4 nitrogen and oxygen atoms in total. The van der Waals surface area contributed by atoms with E-state index in [-0.39, 0.29) is 0 Å². The van der Waals surface area contributed by atoms with Crippen molar-refractivity contribution in [2.24, 2.45) is 5.92 Å². The summed E-state index contributed by atoms with van der Waals surface area (Å²) in [5.41, 5.74) is 0.289. The number of hydrogen-bond donors (Lipinski definition) is 2. The van der Waals surface area contributed by atoms with Gasteiger partial charge in [-0.2, -0.15) is 0 Å². The second-order valence-corrected chi connectivity index (χ2v) is 5.98. The molecule has 2 rings (SSSR count). The van der Waals surface area contributed by atoms with Gasteiger partial charge in [0.1, 0.15) is 17.3 Å². The fourth-order valence-electron chi connectivity index (χ4n) is 2.90. The highest BCUT2D eigenvalue weighted by atomic mass is 35.5. The molecule has 0 spiro atoms. The summed E-state index contributed by atoms with van der Waals surface area (Å²) >= 11 is 6.06. The van der Waals surface area contributed by atoms with Crippen LogP contribution in [0.25, 0.3) is 0 Å². The molecule has 106 valence electrons. The highest BCUT2D eigenvalue weighted by Crippen LogP contribution is 2.32. The molecule has 1 aliphatic rings. The van der Waals surface area contributed by atoms with E-state index in [9.17, 15) is 5.11 Å². The lowest BCUT2D eigenvalue weighted by atomic mass is 9.79. The summed E-state index contributed by atoms with van der Waals surface area (Å²) in [6, 6.07) is 0. The summed E-state index contributed by atoms with van der Waals surface area (Å²) in [5, 5.41) is 14.3. The average Bonchev–Trinajstić information content (AvgIpc) is 2.36. The number of rotatable bonds is 4. The molecule has 0 radical (unpaired) electrons. The number of nitrogens with zero attached hydrogens (tertiary/aromatic N) is 2. The average molecular weight is 284 g/mol. The van der Waals surface area contributed by atoms with Crippen LogP contribution < -0.4 is 5.32 Å². The molecule has 19 heavy (non-hydrogen) atoms. The first-order chi connectivity index (χ1) is 9.04. The van der Waals surface area contributed by atoms with Gasteiger partial charge in [-0.15, -0.1) is 0 Å². The fraction of sp³-hybridized carbons (Fsp3) is 0.714. The van der Waals surface area contributed by atoms with Gasteiger partial charge in [0.25, 0.3) is 0 Å².